The number of piperidine rings is 1. The van der Waals surface area contributed by atoms with E-state index in [1.807, 2.05) is 13.0 Å². The van der Waals surface area contributed by atoms with E-state index in [-0.39, 0.29) is 24.2 Å². The third-order valence-corrected chi connectivity index (χ3v) is 4.47. The Hall–Kier alpha value is -1.89. The van der Waals surface area contributed by atoms with E-state index in [1.54, 1.807) is 12.4 Å². The second kappa shape index (κ2) is 7.59. The molecule has 0 spiro atoms. The predicted molar refractivity (Wildman–Crippen MR) is 87.4 cm³/mol. The molecule has 2 amide bonds. The number of carbonyl (C=O) groups is 1. The summed E-state index contributed by atoms with van der Waals surface area (Å²) in [6.07, 6.45) is 7.72. The topological polar surface area (TPSA) is 79.4 Å². The zero-order valence-electron chi connectivity index (χ0n) is 13.6. The fourth-order valence-corrected chi connectivity index (χ4v) is 3.25. The van der Waals surface area contributed by atoms with Crippen LogP contribution < -0.4 is 15.5 Å². The summed E-state index contributed by atoms with van der Waals surface area (Å²) < 4.78 is 5.61. The molecule has 0 aliphatic carbocycles. The first kappa shape index (κ1) is 16.0. The van der Waals surface area contributed by atoms with E-state index < -0.39 is 0 Å². The van der Waals surface area contributed by atoms with Gasteiger partial charge in [0.05, 0.1) is 12.1 Å². The Morgan fingerprint density at radius 1 is 1.35 bits per heavy atom. The summed E-state index contributed by atoms with van der Waals surface area (Å²) in [6, 6.07) is 1.84. The zero-order valence-corrected chi connectivity index (χ0v) is 13.6. The smallest absolute Gasteiger partial charge is 0.315 e. The van der Waals surface area contributed by atoms with Crippen molar-refractivity contribution in [3.05, 3.63) is 18.5 Å². The van der Waals surface area contributed by atoms with E-state index in [2.05, 4.69) is 25.5 Å². The van der Waals surface area contributed by atoms with Crippen molar-refractivity contribution < 1.29 is 9.53 Å². The molecule has 23 heavy (non-hydrogen) atoms. The number of hydrogen-bond acceptors (Lipinski definition) is 5. The number of hydrogen-bond donors (Lipinski definition) is 2. The van der Waals surface area contributed by atoms with E-state index >= 15 is 0 Å². The molecule has 2 aliphatic rings. The summed E-state index contributed by atoms with van der Waals surface area (Å²) in [5, 5.41) is 6.07. The van der Waals surface area contributed by atoms with Crippen molar-refractivity contribution in [1.82, 2.24) is 20.6 Å². The maximum absolute atomic E-state index is 12.2. The molecule has 2 fully saturated rings. The highest BCUT2D eigenvalue weighted by Crippen LogP contribution is 2.16. The van der Waals surface area contributed by atoms with Crippen LogP contribution in [0.15, 0.2) is 18.5 Å². The van der Waals surface area contributed by atoms with Gasteiger partial charge in [-0.15, -0.1) is 0 Å². The lowest BCUT2D eigenvalue weighted by atomic mass is 10.1. The molecule has 1 aromatic heterocycles. The van der Waals surface area contributed by atoms with Crippen molar-refractivity contribution in [2.75, 3.05) is 24.6 Å². The SMILES string of the molecule is C[C@H](NC(=O)N[C@@H]1CCCN(c2ncccn2)C1)[C@@H]1CCCO1. The van der Waals surface area contributed by atoms with Crippen LogP contribution in [0, 0.1) is 0 Å². The standard InChI is InChI=1S/C16H25N5O2/c1-12(14-6-3-10-23-14)19-16(22)20-13-5-2-9-21(11-13)15-17-7-4-8-18-15/h4,7-8,12-14H,2-3,5-6,9-11H2,1H3,(H2,19,20,22)/t12-,13+,14-/m0/s1. The third kappa shape index (κ3) is 4.31. The summed E-state index contributed by atoms with van der Waals surface area (Å²) >= 11 is 0. The average Bonchev–Trinajstić information content (AvgIpc) is 3.10. The van der Waals surface area contributed by atoms with Crippen LogP contribution in [0.3, 0.4) is 0 Å². The van der Waals surface area contributed by atoms with Gasteiger partial charge in [-0.2, -0.15) is 0 Å². The van der Waals surface area contributed by atoms with Crippen LogP contribution in [0.25, 0.3) is 0 Å². The summed E-state index contributed by atoms with van der Waals surface area (Å²) in [7, 11) is 0. The molecular weight excluding hydrogens is 294 g/mol. The largest absolute Gasteiger partial charge is 0.376 e. The molecule has 1 aromatic rings. The van der Waals surface area contributed by atoms with Crippen molar-refractivity contribution in [1.29, 1.82) is 0 Å². The number of nitrogens with one attached hydrogen (secondary N) is 2. The number of rotatable bonds is 4. The summed E-state index contributed by atoms with van der Waals surface area (Å²) in [5.41, 5.74) is 0. The highest BCUT2D eigenvalue weighted by molar-refractivity contribution is 5.74. The second-order valence-electron chi connectivity index (χ2n) is 6.29. The Morgan fingerprint density at radius 3 is 2.91 bits per heavy atom. The van der Waals surface area contributed by atoms with Crippen LogP contribution in [-0.4, -0.2) is 53.9 Å². The Labute approximate surface area is 136 Å². The van der Waals surface area contributed by atoms with Gasteiger partial charge < -0.3 is 20.3 Å². The van der Waals surface area contributed by atoms with Gasteiger partial charge in [0.15, 0.2) is 0 Å². The van der Waals surface area contributed by atoms with E-state index in [9.17, 15) is 4.79 Å². The van der Waals surface area contributed by atoms with Gasteiger partial charge in [0.2, 0.25) is 5.95 Å². The normalized spacial score (nSPS) is 25.9. The molecule has 2 saturated heterocycles. The van der Waals surface area contributed by atoms with Crippen molar-refractivity contribution >= 4 is 12.0 Å². The van der Waals surface area contributed by atoms with Gasteiger partial charge in [0.25, 0.3) is 0 Å². The molecule has 2 aliphatic heterocycles. The van der Waals surface area contributed by atoms with Crippen LogP contribution in [-0.2, 0) is 4.74 Å². The van der Waals surface area contributed by atoms with Crippen molar-refractivity contribution in [2.45, 2.75) is 50.8 Å². The van der Waals surface area contributed by atoms with Gasteiger partial charge in [-0.3, -0.25) is 0 Å². The Kier molecular flexibility index (Phi) is 5.27. The third-order valence-electron chi connectivity index (χ3n) is 4.47. The van der Waals surface area contributed by atoms with Crippen LogP contribution in [0.1, 0.15) is 32.6 Å². The number of aromatic nitrogens is 2. The van der Waals surface area contributed by atoms with Crippen LogP contribution in [0.5, 0.6) is 0 Å². The number of ether oxygens (including phenoxy) is 1. The van der Waals surface area contributed by atoms with Gasteiger partial charge >= 0.3 is 6.03 Å². The fourth-order valence-electron chi connectivity index (χ4n) is 3.25. The predicted octanol–water partition coefficient (Wildman–Crippen LogP) is 1.31. The lowest BCUT2D eigenvalue weighted by molar-refractivity contribution is 0.0858. The van der Waals surface area contributed by atoms with Gasteiger partial charge in [-0.1, -0.05) is 0 Å². The first-order valence-electron chi connectivity index (χ1n) is 8.43. The lowest BCUT2D eigenvalue weighted by Crippen LogP contribution is -2.53. The monoisotopic (exact) mass is 319 g/mol. The molecule has 7 heteroatoms. The average molecular weight is 319 g/mol. The summed E-state index contributed by atoms with van der Waals surface area (Å²) in [4.78, 5) is 22.9. The minimum atomic E-state index is -0.117. The van der Waals surface area contributed by atoms with Gasteiger partial charge in [-0.25, -0.2) is 14.8 Å². The Balaban J connectivity index is 1.48. The Morgan fingerprint density at radius 2 is 2.17 bits per heavy atom. The lowest BCUT2D eigenvalue weighted by Gasteiger charge is -2.33. The first-order valence-corrected chi connectivity index (χ1v) is 8.43. The highest BCUT2D eigenvalue weighted by Gasteiger charge is 2.26. The first-order chi connectivity index (χ1) is 11.2. The van der Waals surface area contributed by atoms with Gasteiger partial charge in [0.1, 0.15) is 0 Å². The molecule has 3 atom stereocenters. The number of anilines is 1. The van der Waals surface area contributed by atoms with Crippen molar-refractivity contribution in [3.63, 3.8) is 0 Å². The quantitative estimate of drug-likeness (QED) is 0.875. The number of carbonyl (C=O) groups excluding carboxylic acids is 1. The van der Waals surface area contributed by atoms with E-state index in [0.29, 0.717) is 0 Å². The maximum Gasteiger partial charge on any atom is 0.315 e. The molecule has 3 rings (SSSR count). The molecule has 0 bridgehead atoms. The molecule has 126 valence electrons. The van der Waals surface area contributed by atoms with Crippen LogP contribution in [0.2, 0.25) is 0 Å². The van der Waals surface area contributed by atoms with E-state index in [0.717, 1.165) is 51.3 Å². The van der Waals surface area contributed by atoms with Crippen molar-refractivity contribution in [3.8, 4) is 0 Å². The fraction of sp³-hybridized carbons (Fsp3) is 0.688. The second-order valence-corrected chi connectivity index (χ2v) is 6.29. The summed E-state index contributed by atoms with van der Waals surface area (Å²) in [6.45, 7) is 4.47. The van der Waals surface area contributed by atoms with Gasteiger partial charge in [-0.05, 0) is 38.7 Å². The molecule has 3 heterocycles. The minimum Gasteiger partial charge on any atom is -0.376 e. The maximum atomic E-state index is 12.2. The number of amides is 2. The number of urea groups is 1. The Bertz CT molecular complexity index is 506. The van der Waals surface area contributed by atoms with Crippen LogP contribution >= 0.6 is 0 Å². The van der Waals surface area contributed by atoms with E-state index in [1.165, 1.54) is 0 Å². The van der Waals surface area contributed by atoms with Crippen LogP contribution in [0.4, 0.5) is 10.7 Å². The molecule has 0 saturated carbocycles. The summed E-state index contributed by atoms with van der Waals surface area (Å²) in [5.74, 6) is 0.729. The molecule has 0 aromatic carbocycles. The van der Waals surface area contributed by atoms with E-state index in [4.69, 9.17) is 4.74 Å². The van der Waals surface area contributed by atoms with Crippen molar-refractivity contribution in [2.24, 2.45) is 0 Å². The molecular formula is C16H25N5O2. The highest BCUT2D eigenvalue weighted by atomic mass is 16.5. The zero-order chi connectivity index (χ0) is 16.1. The minimum absolute atomic E-state index is 0.0367. The molecule has 0 unspecified atom stereocenters. The number of nitrogens with zero attached hydrogens (tertiary/aromatic N) is 3. The van der Waals surface area contributed by atoms with Gasteiger partial charge in [0, 0.05) is 38.1 Å². The molecule has 0 radical (unpaired) electrons. The molecule has 2 N–H and O–H groups in total. The molecule has 7 nitrogen and oxygen atoms in total.